The summed E-state index contributed by atoms with van der Waals surface area (Å²) >= 11 is 0. The minimum atomic E-state index is -4.13. The molecule has 0 aromatic heterocycles. The van der Waals surface area contributed by atoms with Crippen LogP contribution in [0, 0.1) is 26.7 Å². The molecule has 0 saturated heterocycles. The molecular weight excluding hydrogens is 582 g/mol. The maximum atomic E-state index is 14.5. The lowest BCUT2D eigenvalue weighted by Gasteiger charge is -2.34. The lowest BCUT2D eigenvalue weighted by atomic mass is 10.0. The lowest BCUT2D eigenvalue weighted by molar-refractivity contribution is -0.140. The Kier molecular flexibility index (Phi) is 11.2. The SMILES string of the molecule is Cc1ccc(N(CC(=O)N(Cc2cccc(C)c2)[C@H](Cc2ccccc2)C(=O)NCC(C)C)S(=O)(=O)c2ccc(C)cc2)cc1. The second-order valence-electron chi connectivity index (χ2n) is 12.0. The Morgan fingerprint density at radius 1 is 0.733 bits per heavy atom. The zero-order valence-corrected chi connectivity index (χ0v) is 27.6. The highest BCUT2D eigenvalue weighted by Gasteiger charge is 2.34. The van der Waals surface area contributed by atoms with E-state index in [4.69, 9.17) is 0 Å². The molecule has 0 saturated carbocycles. The number of amides is 2. The summed E-state index contributed by atoms with van der Waals surface area (Å²) in [5.74, 6) is -0.547. The highest BCUT2D eigenvalue weighted by molar-refractivity contribution is 7.92. The number of sulfonamides is 1. The van der Waals surface area contributed by atoms with E-state index >= 15 is 0 Å². The number of benzene rings is 4. The van der Waals surface area contributed by atoms with Crippen LogP contribution in [0.1, 0.15) is 41.7 Å². The molecule has 0 unspecified atom stereocenters. The Morgan fingerprint density at radius 3 is 1.93 bits per heavy atom. The average Bonchev–Trinajstić information content (AvgIpc) is 3.01. The van der Waals surface area contributed by atoms with Crippen molar-refractivity contribution in [2.24, 2.45) is 5.92 Å². The van der Waals surface area contributed by atoms with Crippen molar-refractivity contribution in [1.82, 2.24) is 10.2 Å². The van der Waals surface area contributed by atoms with Crippen LogP contribution < -0.4 is 9.62 Å². The van der Waals surface area contributed by atoms with Crippen molar-refractivity contribution < 1.29 is 18.0 Å². The molecule has 236 valence electrons. The molecule has 0 radical (unpaired) electrons. The zero-order valence-electron chi connectivity index (χ0n) is 26.7. The van der Waals surface area contributed by atoms with Crippen LogP contribution in [0.2, 0.25) is 0 Å². The number of hydrogen-bond acceptors (Lipinski definition) is 4. The third-order valence-electron chi connectivity index (χ3n) is 7.60. The van der Waals surface area contributed by atoms with Gasteiger partial charge in [-0.05, 0) is 62.1 Å². The van der Waals surface area contributed by atoms with Gasteiger partial charge >= 0.3 is 0 Å². The third kappa shape index (κ3) is 9.05. The third-order valence-corrected chi connectivity index (χ3v) is 9.39. The topological polar surface area (TPSA) is 86.8 Å². The van der Waals surface area contributed by atoms with Gasteiger partial charge in [-0.2, -0.15) is 0 Å². The van der Waals surface area contributed by atoms with Gasteiger partial charge in [0.2, 0.25) is 11.8 Å². The summed E-state index contributed by atoms with van der Waals surface area (Å²) in [4.78, 5) is 30.0. The first-order valence-corrected chi connectivity index (χ1v) is 16.7. The van der Waals surface area contributed by atoms with Gasteiger partial charge in [0.1, 0.15) is 12.6 Å². The fraction of sp³-hybridized carbons (Fsp3) is 0.297. The molecule has 0 fully saturated rings. The Morgan fingerprint density at radius 2 is 1.33 bits per heavy atom. The van der Waals surface area contributed by atoms with Crippen LogP contribution in [-0.4, -0.2) is 44.3 Å². The number of aryl methyl sites for hydroxylation is 3. The van der Waals surface area contributed by atoms with Gasteiger partial charge in [-0.15, -0.1) is 0 Å². The summed E-state index contributed by atoms with van der Waals surface area (Å²) in [6.45, 7) is 9.91. The number of carbonyl (C=O) groups excluding carboxylic acids is 2. The molecule has 4 aromatic rings. The summed E-state index contributed by atoms with van der Waals surface area (Å²) in [6.07, 6.45) is 0.275. The van der Waals surface area contributed by atoms with Gasteiger partial charge in [0.25, 0.3) is 10.0 Å². The standard InChI is InChI=1S/C37H43N3O4S/c1-27(2)24-38-37(42)35(23-31-11-7-6-8-12-31)39(25-32-13-9-10-30(5)22-32)36(41)26-40(33-18-14-28(3)15-19-33)45(43,44)34-20-16-29(4)17-21-34/h6-22,27,35H,23-26H2,1-5H3,(H,38,42)/t35-/m1/s1. The molecule has 0 aliphatic rings. The number of hydrogen-bond donors (Lipinski definition) is 1. The molecule has 4 rings (SSSR count). The minimum Gasteiger partial charge on any atom is -0.354 e. The zero-order chi connectivity index (χ0) is 32.6. The quantitative estimate of drug-likeness (QED) is 0.191. The van der Waals surface area contributed by atoms with Gasteiger partial charge in [0.15, 0.2) is 0 Å². The van der Waals surface area contributed by atoms with Crippen molar-refractivity contribution in [3.63, 3.8) is 0 Å². The first-order valence-electron chi connectivity index (χ1n) is 15.3. The molecule has 8 heteroatoms. The van der Waals surface area contributed by atoms with Crippen LogP contribution in [0.15, 0.2) is 108 Å². The van der Waals surface area contributed by atoms with Crippen LogP contribution in [0.4, 0.5) is 5.69 Å². The first-order chi connectivity index (χ1) is 21.4. The number of nitrogens with one attached hydrogen (secondary N) is 1. The maximum Gasteiger partial charge on any atom is 0.264 e. The summed E-state index contributed by atoms with van der Waals surface area (Å²) < 4.78 is 29.4. The Hall–Kier alpha value is -4.43. The molecule has 2 amide bonds. The van der Waals surface area contributed by atoms with Crippen LogP contribution in [0.25, 0.3) is 0 Å². The minimum absolute atomic E-state index is 0.0854. The van der Waals surface area contributed by atoms with Gasteiger partial charge in [0, 0.05) is 19.5 Å². The molecule has 1 atom stereocenters. The van der Waals surface area contributed by atoms with E-state index in [-0.39, 0.29) is 29.7 Å². The van der Waals surface area contributed by atoms with Gasteiger partial charge in [-0.25, -0.2) is 8.42 Å². The summed E-state index contributed by atoms with van der Waals surface area (Å²) in [6, 6.07) is 30.1. The molecule has 7 nitrogen and oxygen atoms in total. The largest absolute Gasteiger partial charge is 0.354 e. The van der Waals surface area contributed by atoms with E-state index in [1.165, 1.54) is 4.90 Å². The molecule has 0 bridgehead atoms. The van der Waals surface area contributed by atoms with Crippen molar-refractivity contribution in [3.8, 4) is 0 Å². The van der Waals surface area contributed by atoms with Crippen molar-refractivity contribution >= 4 is 27.5 Å². The summed E-state index contributed by atoms with van der Waals surface area (Å²) in [5.41, 5.74) is 5.02. The molecule has 1 N–H and O–H groups in total. The van der Waals surface area contributed by atoms with Gasteiger partial charge in [0.05, 0.1) is 10.6 Å². The average molecular weight is 626 g/mol. The molecule has 0 spiro atoms. The highest BCUT2D eigenvalue weighted by atomic mass is 32.2. The van der Waals surface area contributed by atoms with Crippen LogP contribution in [-0.2, 0) is 32.6 Å². The number of anilines is 1. The molecule has 0 aliphatic carbocycles. The number of nitrogens with zero attached hydrogens (tertiary/aromatic N) is 2. The fourth-order valence-electron chi connectivity index (χ4n) is 5.06. The van der Waals surface area contributed by atoms with E-state index in [9.17, 15) is 18.0 Å². The maximum absolute atomic E-state index is 14.5. The summed E-state index contributed by atoms with van der Waals surface area (Å²) in [5, 5.41) is 3.02. The van der Waals surface area contributed by atoms with Crippen LogP contribution in [0.3, 0.4) is 0 Å². The molecule has 4 aromatic carbocycles. The van der Waals surface area contributed by atoms with E-state index < -0.39 is 28.5 Å². The smallest absolute Gasteiger partial charge is 0.264 e. The van der Waals surface area contributed by atoms with Gasteiger partial charge < -0.3 is 10.2 Å². The van der Waals surface area contributed by atoms with Crippen molar-refractivity contribution in [2.75, 3.05) is 17.4 Å². The van der Waals surface area contributed by atoms with E-state index in [1.807, 2.05) is 101 Å². The monoisotopic (exact) mass is 625 g/mol. The predicted molar refractivity (Wildman–Crippen MR) is 180 cm³/mol. The molecule has 0 heterocycles. The Bertz CT molecular complexity index is 1690. The predicted octanol–water partition coefficient (Wildman–Crippen LogP) is 6.22. The second-order valence-corrected chi connectivity index (χ2v) is 13.9. The fourth-order valence-corrected chi connectivity index (χ4v) is 6.48. The Balaban J connectivity index is 1.79. The first kappa shape index (κ1) is 33.5. The van der Waals surface area contributed by atoms with Crippen molar-refractivity contribution in [1.29, 1.82) is 0 Å². The van der Waals surface area contributed by atoms with Crippen molar-refractivity contribution in [2.45, 2.75) is 58.5 Å². The van der Waals surface area contributed by atoms with Crippen LogP contribution in [0.5, 0.6) is 0 Å². The molecule has 45 heavy (non-hydrogen) atoms. The molecular formula is C37H43N3O4S. The van der Waals surface area contributed by atoms with E-state index in [0.29, 0.717) is 12.2 Å². The van der Waals surface area contributed by atoms with Crippen LogP contribution >= 0.6 is 0 Å². The highest BCUT2D eigenvalue weighted by Crippen LogP contribution is 2.26. The molecule has 0 aliphatic heterocycles. The van der Waals surface area contributed by atoms with Gasteiger partial charge in [-0.3, -0.25) is 13.9 Å². The number of rotatable bonds is 13. The van der Waals surface area contributed by atoms with E-state index in [1.54, 1.807) is 36.4 Å². The Labute approximate surface area is 268 Å². The van der Waals surface area contributed by atoms with Crippen molar-refractivity contribution in [3.05, 3.63) is 131 Å². The summed E-state index contributed by atoms with van der Waals surface area (Å²) in [7, 11) is -4.13. The normalized spacial score (nSPS) is 12.0. The number of carbonyl (C=O) groups is 2. The second kappa shape index (κ2) is 15.0. The van der Waals surface area contributed by atoms with E-state index in [2.05, 4.69) is 5.32 Å². The van der Waals surface area contributed by atoms with E-state index in [0.717, 1.165) is 32.1 Å². The lowest BCUT2D eigenvalue weighted by Crippen LogP contribution is -2.53. The van der Waals surface area contributed by atoms with Gasteiger partial charge in [-0.1, -0.05) is 109 Å².